The van der Waals surface area contributed by atoms with Crippen LogP contribution in [0.4, 0.5) is 0 Å². The number of esters is 1. The van der Waals surface area contributed by atoms with Gasteiger partial charge in [0.05, 0.1) is 27.9 Å². The highest BCUT2D eigenvalue weighted by atomic mass is 35.5. The number of hydrogen-bond donors (Lipinski definition) is 1. The Kier molecular flexibility index (Phi) is 5.89. The summed E-state index contributed by atoms with van der Waals surface area (Å²) in [6, 6.07) is 0.274. The van der Waals surface area contributed by atoms with Crippen molar-refractivity contribution in [1.82, 2.24) is 10.3 Å². The number of nitrogens with zero attached hydrogens (tertiary/aromatic N) is 1. The first-order valence-electron chi connectivity index (χ1n) is 7.05. The minimum absolute atomic E-state index is 0.00323. The van der Waals surface area contributed by atoms with Gasteiger partial charge in [-0.25, -0.2) is 9.78 Å². The first-order chi connectivity index (χ1) is 10.9. The molecule has 1 aliphatic carbocycles. The van der Waals surface area contributed by atoms with Gasteiger partial charge in [-0.2, -0.15) is 0 Å². The van der Waals surface area contributed by atoms with Gasteiger partial charge in [0.25, 0.3) is 0 Å². The van der Waals surface area contributed by atoms with E-state index in [9.17, 15) is 9.59 Å². The molecule has 0 spiro atoms. The molecule has 8 heteroatoms. The molecule has 1 aromatic heterocycles. The minimum Gasteiger partial charge on any atom is -0.462 e. The van der Waals surface area contributed by atoms with Crippen molar-refractivity contribution in [3.05, 3.63) is 38.2 Å². The van der Waals surface area contributed by atoms with Gasteiger partial charge < -0.3 is 10.1 Å². The second-order valence-corrected chi connectivity index (χ2v) is 6.15. The fourth-order valence-electron chi connectivity index (χ4n) is 1.89. The van der Waals surface area contributed by atoms with Crippen molar-refractivity contribution in [2.75, 3.05) is 6.61 Å². The number of halogens is 3. The summed E-state index contributed by atoms with van der Waals surface area (Å²) in [4.78, 5) is 28.8. The maximum atomic E-state index is 12.8. The van der Waals surface area contributed by atoms with Crippen molar-refractivity contribution >= 4 is 46.6 Å². The van der Waals surface area contributed by atoms with Crippen LogP contribution < -0.4 is 5.32 Å². The quantitative estimate of drug-likeness (QED) is 0.204. The fourth-order valence-corrected chi connectivity index (χ4v) is 2.61. The number of aryl methyl sites for hydroxylation is 1. The first kappa shape index (κ1) is 18.0. The van der Waals surface area contributed by atoms with Gasteiger partial charge in [0, 0.05) is 12.2 Å². The summed E-state index contributed by atoms with van der Waals surface area (Å²) < 4.78 is 4.94. The highest BCUT2D eigenvalue weighted by molar-refractivity contribution is 6.49. The molecule has 1 fully saturated rings. The summed E-state index contributed by atoms with van der Waals surface area (Å²) in [5.41, 5.74) is 0.179. The zero-order valence-electron chi connectivity index (χ0n) is 12.6. The summed E-state index contributed by atoms with van der Waals surface area (Å²) >= 11 is 17.9. The van der Waals surface area contributed by atoms with Crippen LogP contribution in [-0.4, -0.2) is 29.4 Å². The molecule has 0 atom stereocenters. The van der Waals surface area contributed by atoms with Crippen molar-refractivity contribution in [1.29, 1.82) is 0 Å². The SMILES string of the molecule is CCOC(=O)C(=CNC1CC1)C(=O)c1c(C)nc(Cl)c(Cl)c1Cl. The number of ketones is 1. The lowest BCUT2D eigenvalue weighted by Crippen LogP contribution is -2.21. The summed E-state index contributed by atoms with van der Waals surface area (Å²) in [7, 11) is 0. The molecule has 0 amide bonds. The molecule has 1 aromatic rings. The van der Waals surface area contributed by atoms with Crippen LogP contribution in [0.5, 0.6) is 0 Å². The van der Waals surface area contributed by atoms with Crippen molar-refractivity contribution in [3.8, 4) is 0 Å². The van der Waals surface area contributed by atoms with E-state index in [1.54, 1.807) is 13.8 Å². The number of carbonyl (C=O) groups excluding carboxylic acids is 2. The molecule has 2 rings (SSSR count). The van der Waals surface area contributed by atoms with Gasteiger partial charge in [0.2, 0.25) is 5.78 Å². The van der Waals surface area contributed by atoms with Gasteiger partial charge in [0.1, 0.15) is 10.7 Å². The first-order valence-corrected chi connectivity index (χ1v) is 8.19. The lowest BCUT2D eigenvalue weighted by Gasteiger charge is -2.12. The second kappa shape index (κ2) is 7.51. The molecule has 23 heavy (non-hydrogen) atoms. The van der Waals surface area contributed by atoms with E-state index >= 15 is 0 Å². The van der Waals surface area contributed by atoms with Crippen LogP contribution in [0.2, 0.25) is 15.2 Å². The third-order valence-electron chi connectivity index (χ3n) is 3.23. The van der Waals surface area contributed by atoms with Gasteiger partial charge in [-0.1, -0.05) is 34.8 Å². The van der Waals surface area contributed by atoms with Crippen molar-refractivity contribution in [2.24, 2.45) is 0 Å². The van der Waals surface area contributed by atoms with Crippen LogP contribution in [0.1, 0.15) is 35.8 Å². The van der Waals surface area contributed by atoms with Crippen LogP contribution >= 0.6 is 34.8 Å². The zero-order valence-corrected chi connectivity index (χ0v) is 14.8. The molecule has 1 saturated carbocycles. The number of Topliss-reactive ketones (excluding diaryl/α,β-unsaturated/α-hetero) is 1. The average molecular weight is 378 g/mol. The number of nitrogens with one attached hydrogen (secondary N) is 1. The average Bonchev–Trinajstić information content (AvgIpc) is 3.29. The molecular formula is C15H15Cl3N2O3. The molecule has 5 nitrogen and oxygen atoms in total. The van der Waals surface area contributed by atoms with Crippen LogP contribution in [0.25, 0.3) is 0 Å². The number of aromatic nitrogens is 1. The van der Waals surface area contributed by atoms with Gasteiger partial charge >= 0.3 is 5.97 Å². The van der Waals surface area contributed by atoms with Crippen LogP contribution in [0.3, 0.4) is 0 Å². The van der Waals surface area contributed by atoms with Gasteiger partial charge in [-0.05, 0) is 26.7 Å². The summed E-state index contributed by atoms with van der Waals surface area (Å²) in [5.74, 6) is -1.34. The predicted molar refractivity (Wildman–Crippen MR) is 89.2 cm³/mol. The molecule has 0 unspecified atom stereocenters. The standard InChI is InChI=1S/C15H15Cl3N2O3/c1-3-23-15(22)9(6-19-8-4-5-8)13(21)10-7(2)20-14(18)12(17)11(10)16/h6,8,19H,3-5H2,1-2H3. The van der Waals surface area contributed by atoms with E-state index in [0.29, 0.717) is 0 Å². The van der Waals surface area contributed by atoms with Crippen LogP contribution in [0, 0.1) is 6.92 Å². The van der Waals surface area contributed by atoms with E-state index in [4.69, 9.17) is 39.5 Å². The van der Waals surface area contributed by atoms with E-state index in [0.717, 1.165) is 12.8 Å². The Balaban J connectivity index is 2.42. The Morgan fingerprint density at radius 2 is 1.96 bits per heavy atom. The lowest BCUT2D eigenvalue weighted by atomic mass is 10.0. The van der Waals surface area contributed by atoms with Gasteiger partial charge in [-0.3, -0.25) is 4.79 Å². The Bertz CT molecular complexity index is 685. The normalized spacial score (nSPS) is 14.6. The maximum Gasteiger partial charge on any atom is 0.343 e. The Morgan fingerprint density at radius 1 is 1.30 bits per heavy atom. The predicted octanol–water partition coefficient (Wildman–Crippen LogP) is 3.73. The van der Waals surface area contributed by atoms with E-state index in [2.05, 4.69) is 10.3 Å². The highest BCUT2D eigenvalue weighted by Crippen LogP contribution is 2.34. The van der Waals surface area contributed by atoms with Crippen molar-refractivity contribution in [3.63, 3.8) is 0 Å². The Morgan fingerprint density at radius 3 is 2.52 bits per heavy atom. The summed E-state index contributed by atoms with van der Waals surface area (Å²) in [6.07, 6.45) is 3.36. The Hall–Kier alpha value is -1.30. The molecular weight excluding hydrogens is 363 g/mol. The summed E-state index contributed by atoms with van der Waals surface area (Å²) in [5, 5.41) is 2.95. The lowest BCUT2D eigenvalue weighted by molar-refractivity contribution is -0.138. The molecule has 1 heterocycles. The second-order valence-electron chi connectivity index (χ2n) is 5.04. The van der Waals surface area contributed by atoms with Crippen LogP contribution in [0.15, 0.2) is 11.8 Å². The molecule has 0 aromatic carbocycles. The van der Waals surface area contributed by atoms with Gasteiger partial charge in [0.15, 0.2) is 0 Å². The van der Waals surface area contributed by atoms with E-state index in [1.165, 1.54) is 6.20 Å². The smallest absolute Gasteiger partial charge is 0.343 e. The largest absolute Gasteiger partial charge is 0.462 e. The molecule has 0 radical (unpaired) electrons. The number of carbonyl (C=O) groups is 2. The number of hydrogen-bond acceptors (Lipinski definition) is 5. The van der Waals surface area contributed by atoms with E-state index < -0.39 is 11.8 Å². The Labute approximate surface area is 149 Å². The topological polar surface area (TPSA) is 68.3 Å². The maximum absolute atomic E-state index is 12.8. The molecule has 124 valence electrons. The fraction of sp³-hybridized carbons (Fsp3) is 0.400. The van der Waals surface area contributed by atoms with E-state index in [-0.39, 0.29) is 44.7 Å². The number of ether oxygens (including phenoxy) is 1. The number of pyridine rings is 1. The monoisotopic (exact) mass is 376 g/mol. The molecule has 0 bridgehead atoms. The van der Waals surface area contributed by atoms with Crippen molar-refractivity contribution in [2.45, 2.75) is 32.7 Å². The summed E-state index contributed by atoms with van der Waals surface area (Å²) in [6.45, 7) is 3.38. The van der Waals surface area contributed by atoms with Gasteiger partial charge in [-0.15, -0.1) is 0 Å². The van der Waals surface area contributed by atoms with E-state index in [1.807, 2.05) is 0 Å². The molecule has 0 aliphatic heterocycles. The molecule has 1 aliphatic rings. The van der Waals surface area contributed by atoms with Crippen molar-refractivity contribution < 1.29 is 14.3 Å². The third kappa shape index (κ3) is 4.16. The minimum atomic E-state index is -0.729. The zero-order chi connectivity index (χ0) is 17.1. The third-order valence-corrected chi connectivity index (χ3v) is 4.44. The molecule has 0 saturated heterocycles. The number of rotatable bonds is 6. The molecule has 1 N–H and O–H groups in total. The van der Waals surface area contributed by atoms with Crippen LogP contribution in [-0.2, 0) is 9.53 Å². The highest BCUT2D eigenvalue weighted by Gasteiger charge is 2.28.